The summed E-state index contributed by atoms with van der Waals surface area (Å²) in [6.45, 7) is 2.95. The highest BCUT2D eigenvalue weighted by atomic mass is 16.6. The van der Waals surface area contributed by atoms with Gasteiger partial charge in [-0.3, -0.25) is 10.1 Å². The molecular formula is C16H24N2O2. The number of rotatable bonds is 5. The van der Waals surface area contributed by atoms with Crippen LogP contribution in [-0.4, -0.2) is 11.0 Å². The van der Waals surface area contributed by atoms with E-state index in [-0.39, 0.29) is 10.6 Å². The zero-order valence-electron chi connectivity index (χ0n) is 12.2. The van der Waals surface area contributed by atoms with E-state index in [1.54, 1.807) is 12.1 Å². The van der Waals surface area contributed by atoms with Crippen LogP contribution in [0.5, 0.6) is 0 Å². The SMILES string of the molecule is C[C@@H](NCc1cccc([N+](=O)[O-])c1)C1CCCCCC1. The van der Waals surface area contributed by atoms with Crippen molar-refractivity contribution >= 4 is 5.69 Å². The second-order valence-corrected chi connectivity index (χ2v) is 5.85. The lowest BCUT2D eigenvalue weighted by Crippen LogP contribution is -2.32. The molecule has 1 aromatic rings. The first-order valence-electron chi connectivity index (χ1n) is 7.63. The molecule has 4 nitrogen and oxygen atoms in total. The third-order valence-corrected chi connectivity index (χ3v) is 4.36. The number of nitro groups is 1. The van der Waals surface area contributed by atoms with E-state index in [0.29, 0.717) is 12.6 Å². The van der Waals surface area contributed by atoms with Gasteiger partial charge >= 0.3 is 0 Å². The molecule has 0 heterocycles. The van der Waals surface area contributed by atoms with Crippen LogP contribution >= 0.6 is 0 Å². The standard InChI is InChI=1S/C16H24N2O2/c1-13(15-8-4-2-3-5-9-15)17-12-14-7-6-10-16(11-14)18(19)20/h6-7,10-11,13,15,17H,2-5,8-9,12H2,1H3/t13-/m1/s1. The van der Waals surface area contributed by atoms with Gasteiger partial charge in [0.2, 0.25) is 0 Å². The summed E-state index contributed by atoms with van der Waals surface area (Å²) in [4.78, 5) is 10.4. The number of nitrogens with one attached hydrogen (secondary N) is 1. The second-order valence-electron chi connectivity index (χ2n) is 5.85. The highest BCUT2D eigenvalue weighted by molar-refractivity contribution is 5.34. The van der Waals surface area contributed by atoms with Gasteiger partial charge in [-0.25, -0.2) is 0 Å². The molecule has 0 spiro atoms. The molecule has 0 amide bonds. The first-order chi connectivity index (χ1) is 9.66. The van der Waals surface area contributed by atoms with Gasteiger partial charge in [-0.05, 0) is 31.2 Å². The minimum Gasteiger partial charge on any atom is -0.310 e. The zero-order valence-corrected chi connectivity index (χ0v) is 12.2. The Morgan fingerprint density at radius 1 is 1.30 bits per heavy atom. The fraction of sp³-hybridized carbons (Fsp3) is 0.625. The number of nitro benzene ring substituents is 1. The van der Waals surface area contributed by atoms with Gasteiger partial charge in [0, 0.05) is 24.7 Å². The van der Waals surface area contributed by atoms with Crippen LogP contribution < -0.4 is 5.32 Å². The number of benzene rings is 1. The van der Waals surface area contributed by atoms with Crippen molar-refractivity contribution in [2.45, 2.75) is 58.0 Å². The van der Waals surface area contributed by atoms with Gasteiger partial charge in [0.25, 0.3) is 5.69 Å². The van der Waals surface area contributed by atoms with Crippen LogP contribution in [0.1, 0.15) is 51.0 Å². The Kier molecular flexibility index (Phi) is 5.53. The van der Waals surface area contributed by atoms with E-state index in [4.69, 9.17) is 0 Å². The topological polar surface area (TPSA) is 55.2 Å². The minimum atomic E-state index is -0.335. The molecule has 2 rings (SSSR count). The monoisotopic (exact) mass is 276 g/mol. The third kappa shape index (κ3) is 4.30. The van der Waals surface area contributed by atoms with Gasteiger partial charge < -0.3 is 5.32 Å². The van der Waals surface area contributed by atoms with Crippen LogP contribution in [-0.2, 0) is 6.54 Å². The highest BCUT2D eigenvalue weighted by Crippen LogP contribution is 2.25. The van der Waals surface area contributed by atoms with E-state index in [2.05, 4.69) is 12.2 Å². The summed E-state index contributed by atoms with van der Waals surface area (Å²) in [7, 11) is 0. The molecular weight excluding hydrogens is 252 g/mol. The number of hydrogen-bond donors (Lipinski definition) is 1. The van der Waals surface area contributed by atoms with Crippen molar-refractivity contribution in [3.05, 3.63) is 39.9 Å². The van der Waals surface area contributed by atoms with Crippen molar-refractivity contribution in [1.29, 1.82) is 0 Å². The fourth-order valence-corrected chi connectivity index (χ4v) is 3.04. The molecule has 110 valence electrons. The van der Waals surface area contributed by atoms with E-state index in [9.17, 15) is 10.1 Å². The van der Waals surface area contributed by atoms with E-state index >= 15 is 0 Å². The molecule has 0 aromatic heterocycles. The van der Waals surface area contributed by atoms with Crippen molar-refractivity contribution in [3.8, 4) is 0 Å². The Morgan fingerprint density at radius 3 is 2.65 bits per heavy atom. The predicted octanol–water partition coefficient (Wildman–Crippen LogP) is 4.04. The summed E-state index contributed by atoms with van der Waals surface area (Å²) in [5.74, 6) is 0.746. The van der Waals surface area contributed by atoms with Gasteiger partial charge in [-0.2, -0.15) is 0 Å². The normalized spacial score (nSPS) is 18.4. The molecule has 1 fully saturated rings. The maximum Gasteiger partial charge on any atom is 0.269 e. The molecule has 1 aliphatic carbocycles. The molecule has 0 aliphatic heterocycles. The van der Waals surface area contributed by atoms with Gasteiger partial charge in [-0.15, -0.1) is 0 Å². The van der Waals surface area contributed by atoms with Crippen LogP contribution in [0.25, 0.3) is 0 Å². The molecule has 20 heavy (non-hydrogen) atoms. The Labute approximate surface area is 120 Å². The van der Waals surface area contributed by atoms with Crippen molar-refractivity contribution in [1.82, 2.24) is 5.32 Å². The van der Waals surface area contributed by atoms with Crippen LogP contribution in [0, 0.1) is 16.0 Å². The van der Waals surface area contributed by atoms with Crippen LogP contribution in [0.2, 0.25) is 0 Å². The first-order valence-corrected chi connectivity index (χ1v) is 7.63. The Balaban J connectivity index is 1.87. The summed E-state index contributed by atoms with van der Waals surface area (Å²) in [6, 6.07) is 7.38. The molecule has 4 heteroatoms. The lowest BCUT2D eigenvalue weighted by atomic mass is 9.93. The van der Waals surface area contributed by atoms with Crippen molar-refractivity contribution in [3.63, 3.8) is 0 Å². The predicted molar refractivity (Wildman–Crippen MR) is 80.6 cm³/mol. The number of nitrogens with zero attached hydrogens (tertiary/aromatic N) is 1. The maximum atomic E-state index is 10.8. The lowest BCUT2D eigenvalue weighted by molar-refractivity contribution is -0.384. The summed E-state index contributed by atoms with van der Waals surface area (Å²) in [6.07, 6.45) is 8.04. The van der Waals surface area contributed by atoms with E-state index < -0.39 is 0 Å². The highest BCUT2D eigenvalue weighted by Gasteiger charge is 2.18. The van der Waals surface area contributed by atoms with Gasteiger partial charge in [-0.1, -0.05) is 37.8 Å². The Morgan fingerprint density at radius 2 is 2.00 bits per heavy atom. The van der Waals surface area contributed by atoms with E-state index in [1.807, 2.05) is 6.07 Å². The minimum absolute atomic E-state index is 0.173. The van der Waals surface area contributed by atoms with Gasteiger partial charge in [0.15, 0.2) is 0 Å². The quantitative estimate of drug-likeness (QED) is 0.501. The lowest BCUT2D eigenvalue weighted by Gasteiger charge is -2.23. The van der Waals surface area contributed by atoms with Crippen molar-refractivity contribution in [2.24, 2.45) is 5.92 Å². The van der Waals surface area contributed by atoms with E-state index in [1.165, 1.54) is 44.6 Å². The second kappa shape index (κ2) is 7.39. The number of non-ortho nitro benzene ring substituents is 1. The van der Waals surface area contributed by atoms with Crippen LogP contribution in [0.15, 0.2) is 24.3 Å². The molecule has 0 unspecified atom stereocenters. The summed E-state index contributed by atoms with van der Waals surface area (Å²) in [5, 5.41) is 14.3. The Hall–Kier alpha value is -1.42. The molecule has 1 atom stereocenters. The molecule has 1 aliphatic rings. The van der Waals surface area contributed by atoms with E-state index in [0.717, 1.165) is 11.5 Å². The van der Waals surface area contributed by atoms with Crippen LogP contribution in [0.4, 0.5) is 5.69 Å². The number of hydrogen-bond acceptors (Lipinski definition) is 3. The third-order valence-electron chi connectivity index (χ3n) is 4.36. The Bertz CT molecular complexity index is 440. The summed E-state index contributed by atoms with van der Waals surface area (Å²) >= 11 is 0. The molecule has 1 aromatic carbocycles. The summed E-state index contributed by atoms with van der Waals surface area (Å²) < 4.78 is 0. The first kappa shape index (κ1) is 15.0. The molecule has 0 radical (unpaired) electrons. The zero-order chi connectivity index (χ0) is 14.4. The van der Waals surface area contributed by atoms with Crippen molar-refractivity contribution in [2.75, 3.05) is 0 Å². The van der Waals surface area contributed by atoms with Gasteiger partial charge in [0.05, 0.1) is 4.92 Å². The maximum absolute atomic E-state index is 10.8. The largest absolute Gasteiger partial charge is 0.310 e. The van der Waals surface area contributed by atoms with Crippen molar-refractivity contribution < 1.29 is 4.92 Å². The smallest absolute Gasteiger partial charge is 0.269 e. The molecule has 1 saturated carbocycles. The molecule has 1 N–H and O–H groups in total. The summed E-state index contributed by atoms with van der Waals surface area (Å²) in [5.41, 5.74) is 1.16. The average molecular weight is 276 g/mol. The van der Waals surface area contributed by atoms with Gasteiger partial charge in [0.1, 0.15) is 0 Å². The average Bonchev–Trinajstić information content (AvgIpc) is 2.74. The molecule has 0 bridgehead atoms. The fourth-order valence-electron chi connectivity index (χ4n) is 3.04. The molecule has 0 saturated heterocycles. The van der Waals surface area contributed by atoms with Crippen LogP contribution in [0.3, 0.4) is 0 Å².